The predicted molar refractivity (Wildman–Crippen MR) is 338 cm³/mol. The highest BCUT2D eigenvalue weighted by Gasteiger charge is 2.18. The molecule has 3 N–H and O–H groups in total. The molecule has 0 rings (SSSR count). The number of unbranched alkanes of at least 4 members (excludes halogenated alkanes) is 47. The topological polar surface area (TPSA) is 95.9 Å². The molecule has 0 aliphatic rings. The first-order valence-corrected chi connectivity index (χ1v) is 34.4. The van der Waals surface area contributed by atoms with E-state index in [9.17, 15) is 19.8 Å². The number of carbonyl (C=O) groups excluding carboxylic acids is 2. The summed E-state index contributed by atoms with van der Waals surface area (Å²) in [5, 5.41) is 23.2. The van der Waals surface area contributed by atoms with Gasteiger partial charge in [-0.05, 0) is 89.9 Å². The molecule has 2 atom stereocenters. The maximum atomic E-state index is 12.5. The van der Waals surface area contributed by atoms with E-state index in [2.05, 4.69) is 55.6 Å². The van der Waals surface area contributed by atoms with Gasteiger partial charge in [0, 0.05) is 12.8 Å². The molecule has 0 heterocycles. The van der Waals surface area contributed by atoms with E-state index in [1.165, 1.54) is 289 Å². The van der Waals surface area contributed by atoms with Crippen LogP contribution in [0.3, 0.4) is 0 Å². The standard InChI is InChI=1S/C71H133NO5/c1-3-5-7-9-11-13-15-17-19-20-21-26-29-32-36-39-43-47-51-55-59-63-69(74)68(67-73)72-70(75)64-60-56-52-48-44-40-37-33-30-27-24-22-23-25-28-31-34-38-42-46-50-54-58-62-66-77-71(76)65-61-57-53-49-45-41-35-18-16-14-12-10-8-6-4-2/h12,14,18,24,27,35,59,63,68-69,73-74H,3-11,13,15-17,19-23,25-26,28-34,36-58,60-62,64-67H2,1-2H3,(H,72,75)/b14-12-,27-24-,35-18-,63-59+. The Balaban J connectivity index is 3.44. The van der Waals surface area contributed by atoms with E-state index in [-0.39, 0.29) is 18.5 Å². The minimum absolute atomic E-state index is 0.00187. The van der Waals surface area contributed by atoms with E-state index >= 15 is 0 Å². The summed E-state index contributed by atoms with van der Waals surface area (Å²) >= 11 is 0. The Kier molecular flexibility index (Phi) is 64.5. The maximum Gasteiger partial charge on any atom is 0.305 e. The molecule has 0 fully saturated rings. The van der Waals surface area contributed by atoms with Gasteiger partial charge in [0.05, 0.1) is 25.4 Å². The van der Waals surface area contributed by atoms with Gasteiger partial charge in [-0.25, -0.2) is 0 Å². The molecule has 77 heavy (non-hydrogen) atoms. The second kappa shape index (κ2) is 66.3. The number of ether oxygens (including phenoxy) is 1. The Morgan fingerprint density at radius 1 is 0.364 bits per heavy atom. The lowest BCUT2D eigenvalue weighted by Gasteiger charge is -2.20. The van der Waals surface area contributed by atoms with E-state index in [1.54, 1.807) is 6.08 Å². The van der Waals surface area contributed by atoms with E-state index in [4.69, 9.17) is 4.74 Å². The molecule has 0 aromatic carbocycles. The molecule has 0 saturated heterocycles. The predicted octanol–water partition coefficient (Wildman–Crippen LogP) is 22.1. The molecule has 0 spiro atoms. The summed E-state index contributed by atoms with van der Waals surface area (Å²) in [7, 11) is 0. The van der Waals surface area contributed by atoms with Crippen molar-refractivity contribution in [3.8, 4) is 0 Å². The molecule has 6 nitrogen and oxygen atoms in total. The fourth-order valence-corrected chi connectivity index (χ4v) is 10.5. The van der Waals surface area contributed by atoms with Crippen molar-refractivity contribution in [3.05, 3.63) is 48.6 Å². The van der Waals surface area contributed by atoms with Crippen LogP contribution < -0.4 is 5.32 Å². The summed E-state index contributed by atoms with van der Waals surface area (Å²) < 4.78 is 5.48. The van der Waals surface area contributed by atoms with Gasteiger partial charge in [0.15, 0.2) is 0 Å². The van der Waals surface area contributed by atoms with E-state index in [0.29, 0.717) is 19.4 Å². The minimum Gasteiger partial charge on any atom is -0.466 e. The van der Waals surface area contributed by atoms with Crippen molar-refractivity contribution < 1.29 is 24.5 Å². The van der Waals surface area contributed by atoms with Crippen LogP contribution in [-0.2, 0) is 14.3 Å². The maximum absolute atomic E-state index is 12.5. The quantitative estimate of drug-likeness (QED) is 0.0320. The van der Waals surface area contributed by atoms with Crippen molar-refractivity contribution in [2.24, 2.45) is 0 Å². The van der Waals surface area contributed by atoms with Gasteiger partial charge in [0.2, 0.25) is 5.91 Å². The van der Waals surface area contributed by atoms with Crippen molar-refractivity contribution in [2.45, 2.75) is 379 Å². The Morgan fingerprint density at radius 3 is 1.03 bits per heavy atom. The highest BCUT2D eigenvalue weighted by molar-refractivity contribution is 5.76. The smallest absolute Gasteiger partial charge is 0.305 e. The third kappa shape index (κ3) is 62.9. The van der Waals surface area contributed by atoms with Gasteiger partial charge in [0.25, 0.3) is 0 Å². The number of aliphatic hydroxyl groups excluding tert-OH is 2. The van der Waals surface area contributed by atoms with E-state index < -0.39 is 12.1 Å². The average molecular weight is 1080 g/mol. The lowest BCUT2D eigenvalue weighted by Crippen LogP contribution is -2.45. The molecule has 0 saturated carbocycles. The second-order valence-corrected chi connectivity index (χ2v) is 23.5. The van der Waals surface area contributed by atoms with Gasteiger partial charge in [-0.1, -0.05) is 313 Å². The summed E-state index contributed by atoms with van der Waals surface area (Å²) in [6, 6.07) is -0.633. The largest absolute Gasteiger partial charge is 0.466 e. The normalized spacial score (nSPS) is 12.8. The highest BCUT2D eigenvalue weighted by atomic mass is 16.5. The number of aliphatic hydroxyl groups is 2. The Morgan fingerprint density at radius 2 is 0.649 bits per heavy atom. The Hall–Kier alpha value is -2.18. The molecule has 2 unspecified atom stereocenters. The van der Waals surface area contributed by atoms with Crippen molar-refractivity contribution >= 4 is 11.9 Å². The van der Waals surface area contributed by atoms with Gasteiger partial charge in [-0.15, -0.1) is 0 Å². The summed E-state index contributed by atoms with van der Waals surface area (Å²) in [6.07, 6.45) is 86.0. The van der Waals surface area contributed by atoms with Crippen LogP contribution in [0.1, 0.15) is 367 Å². The first-order valence-electron chi connectivity index (χ1n) is 34.4. The average Bonchev–Trinajstić information content (AvgIpc) is 3.43. The first-order chi connectivity index (χ1) is 38.0. The number of hydrogen-bond donors (Lipinski definition) is 3. The fourth-order valence-electron chi connectivity index (χ4n) is 10.5. The van der Waals surface area contributed by atoms with Crippen LogP contribution in [0.25, 0.3) is 0 Å². The zero-order chi connectivity index (χ0) is 55.7. The van der Waals surface area contributed by atoms with Crippen LogP contribution in [0.15, 0.2) is 48.6 Å². The monoisotopic (exact) mass is 1080 g/mol. The Bertz CT molecular complexity index is 1290. The number of amides is 1. The van der Waals surface area contributed by atoms with Crippen LogP contribution in [0, 0.1) is 0 Å². The van der Waals surface area contributed by atoms with Crippen LogP contribution in [0.5, 0.6) is 0 Å². The number of hydrogen-bond acceptors (Lipinski definition) is 5. The number of nitrogens with one attached hydrogen (secondary N) is 1. The van der Waals surface area contributed by atoms with Gasteiger partial charge in [0.1, 0.15) is 0 Å². The zero-order valence-electron chi connectivity index (χ0n) is 51.7. The van der Waals surface area contributed by atoms with Gasteiger partial charge >= 0.3 is 5.97 Å². The molecule has 1 amide bonds. The third-order valence-corrected chi connectivity index (χ3v) is 15.8. The Labute approximate surface area is 480 Å². The molecule has 0 aromatic heterocycles. The lowest BCUT2D eigenvalue weighted by atomic mass is 10.0. The van der Waals surface area contributed by atoms with E-state index in [1.807, 2.05) is 6.08 Å². The van der Waals surface area contributed by atoms with Crippen molar-refractivity contribution in [1.82, 2.24) is 5.32 Å². The SMILES string of the molecule is CCCCC/C=C\C/C=C\CCCCCCCC(=O)OCCCCCCCCCCCCCC/C=C\CCCCCCCCCCC(=O)NC(CO)C(O)/C=C/CCCCCCCCCCCCCCCCCCCCC. The molecular weight excluding hydrogens is 947 g/mol. The van der Waals surface area contributed by atoms with Crippen LogP contribution in [0.2, 0.25) is 0 Å². The van der Waals surface area contributed by atoms with E-state index in [0.717, 1.165) is 51.4 Å². The molecular formula is C71H133NO5. The zero-order valence-corrected chi connectivity index (χ0v) is 51.7. The molecule has 0 aromatic rings. The summed E-state index contributed by atoms with van der Waals surface area (Å²) in [4.78, 5) is 24.6. The van der Waals surface area contributed by atoms with Gasteiger partial charge in [-0.3, -0.25) is 9.59 Å². The molecule has 6 heteroatoms. The number of carbonyl (C=O) groups is 2. The molecule has 452 valence electrons. The fraction of sp³-hybridized carbons (Fsp3) is 0.859. The summed E-state index contributed by atoms with van der Waals surface area (Å²) in [6.45, 7) is 4.89. The molecule has 0 radical (unpaired) electrons. The molecule has 0 bridgehead atoms. The van der Waals surface area contributed by atoms with Gasteiger partial charge in [-0.2, -0.15) is 0 Å². The van der Waals surface area contributed by atoms with Crippen molar-refractivity contribution in [2.75, 3.05) is 13.2 Å². The second-order valence-electron chi connectivity index (χ2n) is 23.5. The van der Waals surface area contributed by atoms with Crippen molar-refractivity contribution in [1.29, 1.82) is 0 Å². The number of rotatable bonds is 64. The number of esters is 1. The van der Waals surface area contributed by atoms with Crippen molar-refractivity contribution in [3.63, 3.8) is 0 Å². The van der Waals surface area contributed by atoms with Gasteiger partial charge < -0.3 is 20.3 Å². The number of allylic oxidation sites excluding steroid dienone is 7. The first kappa shape index (κ1) is 74.8. The third-order valence-electron chi connectivity index (χ3n) is 15.8. The molecule has 0 aliphatic heterocycles. The minimum atomic E-state index is -0.849. The van der Waals surface area contributed by atoms with Crippen LogP contribution in [0.4, 0.5) is 0 Å². The molecule has 0 aliphatic carbocycles. The van der Waals surface area contributed by atoms with Crippen LogP contribution >= 0.6 is 0 Å². The highest BCUT2D eigenvalue weighted by Crippen LogP contribution is 2.18. The lowest BCUT2D eigenvalue weighted by molar-refractivity contribution is -0.143. The van der Waals surface area contributed by atoms with Crippen LogP contribution in [-0.4, -0.2) is 47.4 Å². The summed E-state index contributed by atoms with van der Waals surface area (Å²) in [5.74, 6) is -0.0718. The summed E-state index contributed by atoms with van der Waals surface area (Å²) in [5.41, 5.74) is 0.